The summed E-state index contributed by atoms with van der Waals surface area (Å²) in [5, 5.41) is 0. The molecule has 2 fully saturated rings. The van der Waals surface area contributed by atoms with Crippen molar-refractivity contribution in [1.82, 2.24) is 0 Å². The Kier molecular flexibility index (Phi) is 4.76. The van der Waals surface area contributed by atoms with E-state index < -0.39 is 0 Å². The Morgan fingerprint density at radius 2 is 2.05 bits per heavy atom. The topological polar surface area (TPSA) is 17.1 Å². The molecule has 0 heterocycles. The fourth-order valence-electron chi connectivity index (χ4n) is 4.85. The molecule has 2 heteroatoms. The third kappa shape index (κ3) is 3.23. The fourth-order valence-corrected chi connectivity index (χ4v) is 5.15. The molecule has 0 radical (unpaired) electrons. The Labute approximate surface area is 121 Å². The van der Waals surface area contributed by atoms with Crippen LogP contribution in [0.25, 0.3) is 0 Å². The molecule has 2 saturated carbocycles. The normalized spacial score (nSPS) is 45.1. The molecule has 0 amide bonds. The lowest BCUT2D eigenvalue weighted by Crippen LogP contribution is -2.37. The van der Waals surface area contributed by atoms with E-state index in [-0.39, 0.29) is 0 Å². The number of carbonyl (C=O) groups is 1. The van der Waals surface area contributed by atoms with Crippen molar-refractivity contribution in [3.63, 3.8) is 0 Å². The summed E-state index contributed by atoms with van der Waals surface area (Å²) in [7, 11) is 2.99. The van der Waals surface area contributed by atoms with Crippen LogP contribution in [0.1, 0.15) is 66.2 Å². The highest BCUT2D eigenvalue weighted by Gasteiger charge is 2.46. The maximum Gasteiger partial charge on any atom is 0.132 e. The quantitative estimate of drug-likeness (QED) is 0.671. The molecule has 0 bridgehead atoms. The van der Waals surface area contributed by atoms with Crippen LogP contribution < -0.4 is 0 Å². The predicted octanol–water partition coefficient (Wildman–Crippen LogP) is 4.70. The van der Waals surface area contributed by atoms with Gasteiger partial charge in [-0.2, -0.15) is 0 Å². The van der Waals surface area contributed by atoms with Gasteiger partial charge in [-0.25, -0.2) is 0 Å². The minimum atomic E-state index is 0.320. The van der Waals surface area contributed by atoms with Gasteiger partial charge in [0.05, 0.1) is 0 Å². The van der Waals surface area contributed by atoms with Crippen LogP contribution >= 0.6 is 9.24 Å². The number of ketones is 1. The van der Waals surface area contributed by atoms with Crippen molar-refractivity contribution in [3.8, 4) is 0 Å². The summed E-state index contributed by atoms with van der Waals surface area (Å²) in [5.74, 6) is 3.03. The Morgan fingerprint density at radius 1 is 1.37 bits per heavy atom. The number of hydrogen-bond donors (Lipinski definition) is 0. The van der Waals surface area contributed by atoms with Gasteiger partial charge in [0.2, 0.25) is 0 Å². The Morgan fingerprint density at radius 3 is 2.63 bits per heavy atom. The average Bonchev–Trinajstić information content (AvgIpc) is 2.46. The molecule has 0 aliphatic heterocycles. The van der Waals surface area contributed by atoms with Crippen molar-refractivity contribution in [2.45, 2.75) is 71.9 Å². The molecule has 2 rings (SSSR count). The zero-order chi connectivity index (χ0) is 14.2. The molecule has 0 aromatic heterocycles. The van der Waals surface area contributed by atoms with Gasteiger partial charge in [0, 0.05) is 5.92 Å². The van der Waals surface area contributed by atoms with Gasteiger partial charge < -0.3 is 0 Å². The summed E-state index contributed by atoms with van der Waals surface area (Å²) >= 11 is 0. The number of carbonyl (C=O) groups excluding carboxylic acids is 1. The van der Waals surface area contributed by atoms with E-state index in [0.29, 0.717) is 28.7 Å². The molecule has 0 spiro atoms. The van der Waals surface area contributed by atoms with Gasteiger partial charge in [-0.1, -0.05) is 33.6 Å². The smallest absolute Gasteiger partial charge is 0.132 e. The summed E-state index contributed by atoms with van der Waals surface area (Å²) in [4.78, 5) is 12.0. The number of rotatable bonds is 2. The zero-order valence-electron chi connectivity index (χ0n) is 13.1. The van der Waals surface area contributed by atoms with E-state index in [1.54, 1.807) is 0 Å². The van der Waals surface area contributed by atoms with Gasteiger partial charge in [-0.3, -0.25) is 4.79 Å². The minimum absolute atomic E-state index is 0.320. The van der Waals surface area contributed by atoms with E-state index >= 15 is 0 Å². The van der Waals surface area contributed by atoms with E-state index in [9.17, 15) is 4.79 Å². The van der Waals surface area contributed by atoms with Crippen molar-refractivity contribution in [3.05, 3.63) is 0 Å². The molecule has 0 aromatic carbocycles. The molecule has 0 saturated heterocycles. The summed E-state index contributed by atoms with van der Waals surface area (Å²) in [5.41, 5.74) is 1.12. The van der Waals surface area contributed by atoms with Gasteiger partial charge >= 0.3 is 0 Å². The predicted molar refractivity (Wildman–Crippen MR) is 85.3 cm³/mol. The second-order valence-electron chi connectivity index (χ2n) is 7.73. The molecular weight excluding hydrogens is 251 g/mol. The molecule has 7 atom stereocenters. The molecule has 2 aliphatic rings. The second-order valence-corrected chi connectivity index (χ2v) is 8.78. The van der Waals surface area contributed by atoms with Crippen molar-refractivity contribution < 1.29 is 4.79 Å². The Hall–Kier alpha value is 0.100. The van der Waals surface area contributed by atoms with Gasteiger partial charge in [0.15, 0.2) is 0 Å². The van der Waals surface area contributed by atoms with Crippen LogP contribution in [-0.2, 0) is 4.79 Å². The highest BCUT2D eigenvalue weighted by molar-refractivity contribution is 7.17. The van der Waals surface area contributed by atoms with Gasteiger partial charge in [-0.15, -0.1) is 9.24 Å². The summed E-state index contributed by atoms with van der Waals surface area (Å²) in [6.07, 6.45) is 7.74. The van der Waals surface area contributed by atoms with Gasteiger partial charge in [0.25, 0.3) is 0 Å². The minimum Gasteiger partial charge on any atom is -0.300 e. The highest BCUT2D eigenvalue weighted by atomic mass is 31.0. The van der Waals surface area contributed by atoms with Crippen LogP contribution in [0.3, 0.4) is 0 Å². The maximum atomic E-state index is 12.0. The molecule has 0 aromatic rings. The van der Waals surface area contributed by atoms with E-state index in [4.69, 9.17) is 0 Å². The van der Waals surface area contributed by atoms with Crippen LogP contribution in [0.5, 0.6) is 0 Å². The van der Waals surface area contributed by atoms with Crippen molar-refractivity contribution in [2.24, 2.45) is 29.1 Å². The second kappa shape index (κ2) is 5.84. The van der Waals surface area contributed by atoms with E-state index in [0.717, 1.165) is 24.7 Å². The molecule has 3 unspecified atom stereocenters. The average molecular weight is 282 g/mol. The summed E-state index contributed by atoms with van der Waals surface area (Å²) in [6, 6.07) is 0. The Balaban J connectivity index is 2.28. The first kappa shape index (κ1) is 15.5. The standard InChI is InChI=1S/C17H31OP/c1-11-6-5-7-17(4)10-15(13(3)19)8-14(12(2)18)9-16(11)17/h11,13-16H,5-10,19H2,1-4H3/t11-,13+,14?,15?,16+,17-/m1/s1. The fraction of sp³-hybridized carbons (Fsp3) is 0.941. The lowest BCUT2D eigenvalue weighted by atomic mass is 9.59. The molecule has 19 heavy (non-hydrogen) atoms. The third-order valence-electron chi connectivity index (χ3n) is 6.16. The number of Topliss-reactive ketones (excluding diaryl/α,β-unsaturated/α-hetero) is 1. The van der Waals surface area contributed by atoms with E-state index in [2.05, 4.69) is 30.0 Å². The van der Waals surface area contributed by atoms with Crippen LogP contribution in [-0.4, -0.2) is 11.4 Å². The third-order valence-corrected chi connectivity index (χ3v) is 6.71. The maximum absolute atomic E-state index is 12.0. The van der Waals surface area contributed by atoms with Crippen molar-refractivity contribution >= 4 is 15.0 Å². The van der Waals surface area contributed by atoms with E-state index in [1.807, 2.05) is 6.92 Å². The lowest BCUT2D eigenvalue weighted by Gasteiger charge is -2.46. The largest absolute Gasteiger partial charge is 0.300 e. The first-order chi connectivity index (χ1) is 8.83. The SMILES string of the molecule is CC(=O)C1CC([C@H](C)P)C[C@@]2(C)CCC[C@@H](C)[C@@H]2C1. The van der Waals surface area contributed by atoms with Gasteiger partial charge in [0.1, 0.15) is 5.78 Å². The van der Waals surface area contributed by atoms with Crippen LogP contribution in [0, 0.1) is 29.1 Å². The van der Waals surface area contributed by atoms with Gasteiger partial charge in [-0.05, 0) is 61.4 Å². The zero-order valence-corrected chi connectivity index (χ0v) is 14.3. The van der Waals surface area contributed by atoms with Crippen molar-refractivity contribution in [2.75, 3.05) is 0 Å². The number of fused-ring (bicyclic) bond motifs is 1. The first-order valence-corrected chi connectivity index (χ1v) is 8.76. The molecule has 2 aliphatic carbocycles. The number of hydrogen-bond acceptors (Lipinski definition) is 1. The van der Waals surface area contributed by atoms with Crippen LogP contribution in [0.4, 0.5) is 0 Å². The summed E-state index contributed by atoms with van der Waals surface area (Å²) < 4.78 is 0. The molecule has 0 N–H and O–H groups in total. The molecular formula is C17H31OP. The summed E-state index contributed by atoms with van der Waals surface area (Å²) in [6.45, 7) is 9.05. The first-order valence-electron chi connectivity index (χ1n) is 8.09. The lowest BCUT2D eigenvalue weighted by molar-refractivity contribution is -0.122. The molecule has 110 valence electrons. The molecule has 1 nitrogen and oxygen atoms in total. The van der Waals surface area contributed by atoms with Crippen LogP contribution in [0.15, 0.2) is 0 Å². The van der Waals surface area contributed by atoms with Crippen LogP contribution in [0.2, 0.25) is 0 Å². The monoisotopic (exact) mass is 282 g/mol. The van der Waals surface area contributed by atoms with E-state index in [1.165, 1.54) is 25.7 Å². The highest BCUT2D eigenvalue weighted by Crippen LogP contribution is 2.54. The van der Waals surface area contributed by atoms with Crippen molar-refractivity contribution in [1.29, 1.82) is 0 Å². The Bertz CT molecular complexity index is 338.